The van der Waals surface area contributed by atoms with E-state index < -0.39 is 38.9 Å². The second kappa shape index (κ2) is 6.44. The van der Waals surface area contributed by atoms with Gasteiger partial charge in [0.05, 0.1) is 18.1 Å². The smallest absolute Gasteiger partial charge is 0.321 e. The maximum Gasteiger partial charge on any atom is 0.321 e. The van der Waals surface area contributed by atoms with Crippen LogP contribution in [0.4, 0.5) is 4.39 Å². The average molecular weight is 355 g/mol. The van der Waals surface area contributed by atoms with Gasteiger partial charge in [-0.25, -0.2) is 12.8 Å². The number of sulfone groups is 1. The summed E-state index contributed by atoms with van der Waals surface area (Å²) < 4.78 is 42.3. The highest BCUT2D eigenvalue weighted by Gasteiger charge is 2.25. The summed E-state index contributed by atoms with van der Waals surface area (Å²) in [6.45, 7) is 0.813. The van der Waals surface area contributed by atoms with E-state index >= 15 is 0 Å². The van der Waals surface area contributed by atoms with Gasteiger partial charge in [0.2, 0.25) is 0 Å². The lowest BCUT2D eigenvalue weighted by molar-refractivity contribution is -0.139. The predicted molar refractivity (Wildman–Crippen MR) is 68.7 cm³/mol. The van der Waals surface area contributed by atoms with E-state index in [1.165, 1.54) is 0 Å². The van der Waals surface area contributed by atoms with Crippen LogP contribution in [0.15, 0.2) is 21.5 Å². The molecule has 0 unspecified atom stereocenters. The Hall–Kier alpha value is -0.990. The SMILES string of the molecule is CCOC(=O)CS(=O)(=O)c1cc(Br)cc(F)c1CO. The minimum Gasteiger partial charge on any atom is -0.465 e. The number of benzene rings is 1. The number of carbonyl (C=O) groups is 1. The third kappa shape index (κ3) is 3.99. The van der Waals surface area contributed by atoms with Crippen LogP contribution in [0.1, 0.15) is 12.5 Å². The van der Waals surface area contributed by atoms with Gasteiger partial charge < -0.3 is 9.84 Å². The Labute approximate surface area is 118 Å². The first-order chi connectivity index (χ1) is 8.81. The van der Waals surface area contributed by atoms with Gasteiger partial charge in [0.25, 0.3) is 0 Å². The number of carbonyl (C=O) groups excluding carboxylic acids is 1. The molecule has 0 aliphatic rings. The Morgan fingerprint density at radius 2 is 2.11 bits per heavy atom. The monoisotopic (exact) mass is 354 g/mol. The summed E-state index contributed by atoms with van der Waals surface area (Å²) in [6.07, 6.45) is 0. The lowest BCUT2D eigenvalue weighted by Gasteiger charge is -2.10. The molecule has 0 aromatic heterocycles. The highest BCUT2D eigenvalue weighted by molar-refractivity contribution is 9.10. The highest BCUT2D eigenvalue weighted by Crippen LogP contribution is 2.25. The molecule has 0 saturated carbocycles. The number of halogens is 2. The lowest BCUT2D eigenvalue weighted by Crippen LogP contribution is -2.20. The van der Waals surface area contributed by atoms with E-state index in [9.17, 15) is 17.6 Å². The van der Waals surface area contributed by atoms with Gasteiger partial charge in [0, 0.05) is 10.0 Å². The van der Waals surface area contributed by atoms with Crippen molar-refractivity contribution in [2.24, 2.45) is 0 Å². The molecule has 0 radical (unpaired) electrons. The summed E-state index contributed by atoms with van der Waals surface area (Å²) >= 11 is 2.96. The minimum atomic E-state index is -4.07. The zero-order valence-corrected chi connectivity index (χ0v) is 12.4. The topological polar surface area (TPSA) is 80.7 Å². The second-order valence-electron chi connectivity index (χ2n) is 3.59. The van der Waals surface area contributed by atoms with Gasteiger partial charge in [-0.1, -0.05) is 15.9 Å². The summed E-state index contributed by atoms with van der Waals surface area (Å²) in [5, 5.41) is 9.06. The molecule has 0 bridgehead atoms. The van der Waals surface area contributed by atoms with Crippen molar-refractivity contribution in [2.45, 2.75) is 18.4 Å². The molecule has 1 rings (SSSR count). The van der Waals surface area contributed by atoms with Crippen LogP contribution in [0.5, 0.6) is 0 Å². The summed E-state index contributed by atoms with van der Waals surface area (Å²) in [7, 11) is -4.07. The third-order valence-corrected chi connectivity index (χ3v) is 4.33. The molecule has 0 aliphatic heterocycles. The predicted octanol–water partition coefficient (Wildman–Crippen LogP) is 1.42. The zero-order chi connectivity index (χ0) is 14.6. The standard InChI is InChI=1S/C11H12BrFO5S/c1-2-18-11(15)6-19(16,17)10-4-7(12)3-9(13)8(10)5-14/h3-4,14H,2,5-6H2,1H3. The molecule has 0 saturated heterocycles. The highest BCUT2D eigenvalue weighted by atomic mass is 79.9. The molecule has 5 nitrogen and oxygen atoms in total. The van der Waals surface area contributed by atoms with Crippen LogP contribution < -0.4 is 0 Å². The van der Waals surface area contributed by atoms with Crippen LogP contribution >= 0.6 is 15.9 Å². The average Bonchev–Trinajstić information content (AvgIpc) is 2.27. The fraction of sp³-hybridized carbons (Fsp3) is 0.364. The molecule has 0 fully saturated rings. The summed E-state index contributed by atoms with van der Waals surface area (Å²) in [4.78, 5) is 10.8. The Morgan fingerprint density at radius 3 is 2.63 bits per heavy atom. The number of esters is 1. The Morgan fingerprint density at radius 1 is 1.47 bits per heavy atom. The van der Waals surface area contributed by atoms with Crippen molar-refractivity contribution in [3.05, 3.63) is 28.0 Å². The fourth-order valence-electron chi connectivity index (χ4n) is 1.45. The fourth-order valence-corrected chi connectivity index (χ4v) is 3.42. The van der Waals surface area contributed by atoms with Crippen molar-refractivity contribution < 1.29 is 27.4 Å². The molecule has 1 N–H and O–H groups in total. The number of hydrogen-bond acceptors (Lipinski definition) is 5. The second-order valence-corrected chi connectivity index (χ2v) is 6.46. The summed E-state index contributed by atoms with van der Waals surface area (Å²) in [5.41, 5.74) is -0.368. The molecule has 0 amide bonds. The molecule has 1 aromatic carbocycles. The minimum absolute atomic E-state index is 0.0497. The molecule has 0 heterocycles. The van der Waals surface area contributed by atoms with Gasteiger partial charge in [0.15, 0.2) is 15.6 Å². The van der Waals surface area contributed by atoms with Crippen LogP contribution in [0.2, 0.25) is 0 Å². The first kappa shape index (κ1) is 16.1. The Bertz CT molecular complexity index is 585. The van der Waals surface area contributed by atoms with Crippen LogP contribution in [-0.2, 0) is 26.0 Å². The van der Waals surface area contributed by atoms with Gasteiger partial charge in [-0.15, -0.1) is 0 Å². The van der Waals surface area contributed by atoms with Gasteiger partial charge in [-0.3, -0.25) is 4.79 Å². The van der Waals surface area contributed by atoms with Gasteiger partial charge in [-0.2, -0.15) is 0 Å². The molecular weight excluding hydrogens is 343 g/mol. The van der Waals surface area contributed by atoms with Gasteiger partial charge >= 0.3 is 5.97 Å². The molecule has 0 atom stereocenters. The first-order valence-corrected chi connectivity index (χ1v) is 7.73. The quantitative estimate of drug-likeness (QED) is 0.808. The van der Waals surface area contributed by atoms with Crippen molar-refractivity contribution in [2.75, 3.05) is 12.4 Å². The van der Waals surface area contributed by atoms with Gasteiger partial charge in [-0.05, 0) is 19.1 Å². The normalized spacial score (nSPS) is 11.4. The van der Waals surface area contributed by atoms with Crippen molar-refractivity contribution in [3.8, 4) is 0 Å². The van der Waals surface area contributed by atoms with Crippen LogP contribution in [0.25, 0.3) is 0 Å². The van der Waals surface area contributed by atoms with E-state index in [0.717, 1.165) is 12.1 Å². The summed E-state index contributed by atoms with van der Waals surface area (Å²) in [5.74, 6) is -2.69. The molecule has 8 heteroatoms. The third-order valence-electron chi connectivity index (χ3n) is 2.23. The van der Waals surface area contributed by atoms with Gasteiger partial charge in [0.1, 0.15) is 5.82 Å². The van der Waals surface area contributed by atoms with Crippen molar-refractivity contribution in [3.63, 3.8) is 0 Å². The van der Waals surface area contributed by atoms with E-state index in [1.807, 2.05) is 0 Å². The molecule has 106 valence electrons. The number of aliphatic hydroxyl groups is 1. The molecular formula is C11H12BrFO5S. The molecule has 0 aliphatic carbocycles. The zero-order valence-electron chi connectivity index (χ0n) is 10.0. The van der Waals surface area contributed by atoms with Crippen LogP contribution in [-0.4, -0.2) is 31.9 Å². The summed E-state index contributed by atoms with van der Waals surface area (Å²) in [6, 6.07) is 2.18. The maximum absolute atomic E-state index is 13.6. The first-order valence-electron chi connectivity index (χ1n) is 5.29. The van der Waals surface area contributed by atoms with Crippen molar-refractivity contribution >= 4 is 31.7 Å². The molecule has 19 heavy (non-hydrogen) atoms. The molecule has 1 aromatic rings. The number of ether oxygens (including phenoxy) is 1. The van der Waals surface area contributed by atoms with E-state index in [-0.39, 0.29) is 16.6 Å². The lowest BCUT2D eigenvalue weighted by atomic mass is 10.2. The Balaban J connectivity index is 3.24. The van der Waals surface area contributed by atoms with E-state index in [4.69, 9.17) is 5.11 Å². The maximum atomic E-state index is 13.6. The van der Waals surface area contributed by atoms with Crippen molar-refractivity contribution in [1.29, 1.82) is 0 Å². The number of hydrogen-bond donors (Lipinski definition) is 1. The Kier molecular flexibility index (Phi) is 5.45. The van der Waals surface area contributed by atoms with Crippen LogP contribution in [0.3, 0.4) is 0 Å². The molecule has 0 spiro atoms. The van der Waals surface area contributed by atoms with E-state index in [0.29, 0.717) is 0 Å². The van der Waals surface area contributed by atoms with Crippen LogP contribution in [0, 0.1) is 5.82 Å². The van der Waals surface area contributed by atoms with Crippen molar-refractivity contribution in [1.82, 2.24) is 0 Å². The number of aliphatic hydroxyl groups excluding tert-OH is 1. The van der Waals surface area contributed by atoms with E-state index in [2.05, 4.69) is 20.7 Å². The largest absolute Gasteiger partial charge is 0.465 e. The van der Waals surface area contributed by atoms with E-state index in [1.54, 1.807) is 6.92 Å². The number of rotatable bonds is 5.